The van der Waals surface area contributed by atoms with Crippen molar-refractivity contribution in [3.8, 4) is 0 Å². The molecule has 23 heavy (non-hydrogen) atoms. The van der Waals surface area contributed by atoms with Crippen LogP contribution in [0.4, 0.5) is 10.1 Å². The zero-order valence-electron chi connectivity index (χ0n) is 12.5. The summed E-state index contributed by atoms with van der Waals surface area (Å²) in [6.07, 6.45) is 2.15. The maximum absolute atomic E-state index is 13.0. The van der Waals surface area contributed by atoms with Crippen LogP contribution in [0, 0.1) is 5.82 Å². The predicted octanol–water partition coefficient (Wildman–Crippen LogP) is 2.48. The van der Waals surface area contributed by atoms with Crippen LogP contribution in [-0.2, 0) is 16.0 Å². The van der Waals surface area contributed by atoms with Crippen molar-refractivity contribution in [3.05, 3.63) is 65.5 Å². The molecule has 0 saturated carbocycles. The van der Waals surface area contributed by atoms with E-state index >= 15 is 0 Å². The van der Waals surface area contributed by atoms with Gasteiger partial charge in [-0.05, 0) is 41.8 Å². The van der Waals surface area contributed by atoms with E-state index in [1.54, 1.807) is 18.2 Å². The molecule has 2 amide bonds. The van der Waals surface area contributed by atoms with E-state index in [0.29, 0.717) is 11.3 Å². The lowest BCUT2D eigenvalue weighted by Gasteiger charge is -2.04. The van der Waals surface area contributed by atoms with Crippen molar-refractivity contribution in [2.24, 2.45) is 5.10 Å². The van der Waals surface area contributed by atoms with E-state index < -0.39 is 17.6 Å². The lowest BCUT2D eigenvalue weighted by Crippen LogP contribution is -2.32. The largest absolute Gasteiger partial charge is 0.329 e. The van der Waals surface area contributed by atoms with Crippen LogP contribution in [0.15, 0.2) is 53.6 Å². The molecule has 0 unspecified atom stereocenters. The van der Waals surface area contributed by atoms with Gasteiger partial charge in [0.1, 0.15) is 5.82 Å². The van der Waals surface area contributed by atoms with Crippen molar-refractivity contribution >= 4 is 23.7 Å². The van der Waals surface area contributed by atoms with Gasteiger partial charge in [-0.15, -0.1) is 0 Å². The van der Waals surface area contributed by atoms with Gasteiger partial charge in [-0.3, -0.25) is 9.59 Å². The Balaban J connectivity index is 1.88. The maximum atomic E-state index is 13.0. The highest BCUT2D eigenvalue weighted by Gasteiger charge is 2.12. The third-order valence-electron chi connectivity index (χ3n) is 3.05. The number of carbonyl (C=O) groups is 2. The molecule has 6 heteroatoms. The Morgan fingerprint density at radius 1 is 1.13 bits per heavy atom. The molecule has 0 spiro atoms. The van der Waals surface area contributed by atoms with Crippen molar-refractivity contribution in [2.45, 2.75) is 13.3 Å². The Morgan fingerprint density at radius 2 is 1.87 bits per heavy atom. The molecule has 2 aromatic rings. The first-order valence-electron chi connectivity index (χ1n) is 7.07. The lowest BCUT2D eigenvalue weighted by molar-refractivity contribution is -0.136. The Labute approximate surface area is 133 Å². The topological polar surface area (TPSA) is 70.6 Å². The van der Waals surface area contributed by atoms with Gasteiger partial charge in [0, 0.05) is 5.69 Å². The Kier molecular flexibility index (Phi) is 5.57. The summed E-state index contributed by atoms with van der Waals surface area (Å²) in [6, 6.07) is 12.9. The highest BCUT2D eigenvalue weighted by atomic mass is 19.1. The summed E-state index contributed by atoms with van der Waals surface area (Å²) in [7, 11) is 0. The summed E-state index contributed by atoms with van der Waals surface area (Å²) in [4.78, 5) is 23.3. The SMILES string of the molecule is CCc1ccc(NC(=O)C(=O)N/N=C\c2cccc(F)c2)cc1. The van der Waals surface area contributed by atoms with Crippen LogP contribution in [0.1, 0.15) is 18.1 Å². The number of hydrogen-bond acceptors (Lipinski definition) is 3. The van der Waals surface area contributed by atoms with Gasteiger partial charge in [0.05, 0.1) is 6.21 Å². The van der Waals surface area contributed by atoms with E-state index in [2.05, 4.69) is 15.8 Å². The number of nitrogens with zero attached hydrogens (tertiary/aromatic N) is 1. The number of amides is 2. The van der Waals surface area contributed by atoms with Gasteiger partial charge in [-0.25, -0.2) is 9.82 Å². The second-order valence-corrected chi connectivity index (χ2v) is 4.76. The first-order chi connectivity index (χ1) is 11.1. The Bertz CT molecular complexity index is 727. The molecule has 5 nitrogen and oxygen atoms in total. The Hall–Kier alpha value is -3.02. The first kappa shape index (κ1) is 16.4. The molecule has 2 rings (SSSR count). The third-order valence-corrected chi connectivity index (χ3v) is 3.05. The highest BCUT2D eigenvalue weighted by Crippen LogP contribution is 2.09. The van der Waals surface area contributed by atoms with Gasteiger partial charge in [0.15, 0.2) is 0 Å². The summed E-state index contributed by atoms with van der Waals surface area (Å²) in [5, 5.41) is 6.09. The molecule has 118 valence electrons. The van der Waals surface area contributed by atoms with Crippen molar-refractivity contribution in [1.29, 1.82) is 0 Å². The first-order valence-corrected chi connectivity index (χ1v) is 7.07. The minimum absolute atomic E-state index is 0.409. The van der Waals surface area contributed by atoms with Crippen molar-refractivity contribution in [2.75, 3.05) is 5.32 Å². The normalized spacial score (nSPS) is 10.5. The van der Waals surface area contributed by atoms with Crippen LogP contribution in [0.2, 0.25) is 0 Å². The second-order valence-electron chi connectivity index (χ2n) is 4.76. The number of hydrazone groups is 1. The number of benzene rings is 2. The number of rotatable bonds is 4. The molecule has 0 bridgehead atoms. The minimum Gasteiger partial charge on any atom is -0.318 e. The van der Waals surface area contributed by atoms with Gasteiger partial charge in [0.25, 0.3) is 0 Å². The molecule has 0 radical (unpaired) electrons. The summed E-state index contributed by atoms with van der Waals surface area (Å²) in [5.41, 5.74) is 4.22. The number of carbonyl (C=O) groups excluding carboxylic acids is 2. The molecule has 2 aromatic carbocycles. The Morgan fingerprint density at radius 3 is 2.52 bits per heavy atom. The van der Waals surface area contributed by atoms with Crippen LogP contribution >= 0.6 is 0 Å². The second kappa shape index (κ2) is 7.84. The van der Waals surface area contributed by atoms with E-state index in [0.717, 1.165) is 12.0 Å². The molecule has 0 aliphatic heterocycles. The van der Waals surface area contributed by atoms with E-state index in [1.165, 1.54) is 24.4 Å². The van der Waals surface area contributed by atoms with E-state index in [9.17, 15) is 14.0 Å². The zero-order chi connectivity index (χ0) is 16.7. The monoisotopic (exact) mass is 313 g/mol. The fourth-order valence-corrected chi connectivity index (χ4v) is 1.81. The summed E-state index contributed by atoms with van der Waals surface area (Å²) < 4.78 is 13.0. The molecule has 0 atom stereocenters. The number of nitrogens with one attached hydrogen (secondary N) is 2. The summed E-state index contributed by atoms with van der Waals surface area (Å²) >= 11 is 0. The third kappa shape index (κ3) is 5.03. The fourth-order valence-electron chi connectivity index (χ4n) is 1.81. The van der Waals surface area contributed by atoms with E-state index in [-0.39, 0.29) is 0 Å². The smallest absolute Gasteiger partial charge is 0.318 e. The molecule has 0 heterocycles. The van der Waals surface area contributed by atoms with Gasteiger partial charge in [-0.1, -0.05) is 31.2 Å². The van der Waals surface area contributed by atoms with E-state index in [1.807, 2.05) is 19.1 Å². The molecule has 2 N–H and O–H groups in total. The number of halogens is 1. The van der Waals surface area contributed by atoms with Crippen LogP contribution in [0.3, 0.4) is 0 Å². The van der Waals surface area contributed by atoms with Crippen molar-refractivity contribution in [1.82, 2.24) is 5.43 Å². The van der Waals surface area contributed by atoms with Crippen LogP contribution < -0.4 is 10.7 Å². The average Bonchev–Trinajstić information content (AvgIpc) is 2.55. The number of aryl methyl sites for hydroxylation is 1. The fraction of sp³-hybridized carbons (Fsp3) is 0.118. The van der Waals surface area contributed by atoms with E-state index in [4.69, 9.17) is 0 Å². The minimum atomic E-state index is -0.905. The quantitative estimate of drug-likeness (QED) is 0.517. The molecule has 0 aliphatic carbocycles. The van der Waals surface area contributed by atoms with Crippen LogP contribution in [-0.4, -0.2) is 18.0 Å². The molecule has 0 saturated heterocycles. The van der Waals surface area contributed by atoms with Crippen molar-refractivity contribution < 1.29 is 14.0 Å². The summed E-state index contributed by atoms with van der Waals surface area (Å²) in [6.45, 7) is 2.03. The van der Waals surface area contributed by atoms with Gasteiger partial charge in [0.2, 0.25) is 0 Å². The maximum Gasteiger partial charge on any atom is 0.329 e. The highest BCUT2D eigenvalue weighted by molar-refractivity contribution is 6.39. The van der Waals surface area contributed by atoms with Gasteiger partial charge in [-0.2, -0.15) is 5.10 Å². The molecular weight excluding hydrogens is 297 g/mol. The van der Waals surface area contributed by atoms with Crippen LogP contribution in [0.5, 0.6) is 0 Å². The number of hydrogen-bond donors (Lipinski definition) is 2. The number of anilines is 1. The summed E-state index contributed by atoms with van der Waals surface area (Å²) in [5.74, 6) is -2.14. The molecule has 0 aliphatic rings. The van der Waals surface area contributed by atoms with Gasteiger partial charge < -0.3 is 5.32 Å². The average molecular weight is 313 g/mol. The molecule has 0 fully saturated rings. The van der Waals surface area contributed by atoms with Crippen molar-refractivity contribution in [3.63, 3.8) is 0 Å². The molecular formula is C17H16FN3O2. The van der Waals surface area contributed by atoms with Crippen LogP contribution in [0.25, 0.3) is 0 Å². The zero-order valence-corrected chi connectivity index (χ0v) is 12.5. The lowest BCUT2D eigenvalue weighted by atomic mass is 10.1. The standard InChI is InChI=1S/C17H16FN3O2/c1-2-12-6-8-15(9-7-12)20-16(22)17(23)21-19-11-13-4-3-5-14(18)10-13/h3-11H,2H2,1H3,(H,20,22)(H,21,23)/b19-11-. The molecule has 0 aromatic heterocycles. The predicted molar refractivity (Wildman–Crippen MR) is 86.6 cm³/mol. The van der Waals surface area contributed by atoms with Gasteiger partial charge >= 0.3 is 11.8 Å².